The molecule has 0 saturated carbocycles. The first-order valence-electron chi connectivity index (χ1n) is 8.97. The standard InChI is InChI=1S/C19H27NO7/c1-18(2)26-15-14(10-24-9-13-7-5-4-6-8-13)25-19(12-21,16(15)27-18)11-20-17(22)23-3/h4-8,14-16,21H,9-12H2,1-3H3,(H,20,22)/t14-,15-,16-,19+/m1/s1. The largest absolute Gasteiger partial charge is 0.453 e. The van der Waals surface area contributed by atoms with Crippen LogP contribution in [0.4, 0.5) is 4.79 Å². The summed E-state index contributed by atoms with van der Waals surface area (Å²) in [6.07, 6.45) is -2.00. The molecule has 1 aromatic carbocycles. The number of ether oxygens (including phenoxy) is 5. The Labute approximate surface area is 158 Å². The summed E-state index contributed by atoms with van der Waals surface area (Å²) in [4.78, 5) is 11.5. The minimum atomic E-state index is -1.13. The van der Waals surface area contributed by atoms with Crippen LogP contribution in [-0.2, 0) is 30.3 Å². The lowest BCUT2D eigenvalue weighted by molar-refractivity contribution is -0.219. The number of amides is 1. The molecule has 0 unspecified atom stereocenters. The zero-order chi connectivity index (χ0) is 19.5. The molecule has 4 atom stereocenters. The van der Waals surface area contributed by atoms with Gasteiger partial charge in [0.1, 0.15) is 23.9 Å². The second-order valence-electron chi connectivity index (χ2n) is 7.25. The molecule has 0 bridgehead atoms. The SMILES string of the molecule is COC(=O)NC[C@@]1(CO)O[C@H](COCc2ccccc2)[C@H]2OC(C)(C)O[C@H]21. The van der Waals surface area contributed by atoms with E-state index in [1.54, 1.807) is 0 Å². The van der Waals surface area contributed by atoms with E-state index in [1.165, 1.54) is 7.11 Å². The summed E-state index contributed by atoms with van der Waals surface area (Å²) in [6, 6.07) is 9.81. The lowest BCUT2D eigenvalue weighted by atomic mass is 9.95. The molecule has 0 radical (unpaired) electrons. The number of methoxy groups -OCH3 is 1. The number of aliphatic hydroxyl groups excluding tert-OH is 1. The molecule has 8 heteroatoms. The van der Waals surface area contributed by atoms with Crippen molar-refractivity contribution in [1.29, 1.82) is 0 Å². The number of hydrogen-bond acceptors (Lipinski definition) is 7. The molecule has 150 valence electrons. The van der Waals surface area contributed by atoms with Gasteiger partial charge in [0.05, 0.1) is 33.5 Å². The Morgan fingerprint density at radius 1 is 1.22 bits per heavy atom. The van der Waals surface area contributed by atoms with Gasteiger partial charge < -0.3 is 34.1 Å². The predicted molar refractivity (Wildman–Crippen MR) is 95.0 cm³/mol. The van der Waals surface area contributed by atoms with Gasteiger partial charge >= 0.3 is 6.09 Å². The number of aliphatic hydroxyl groups is 1. The van der Waals surface area contributed by atoms with Gasteiger partial charge in [-0.1, -0.05) is 30.3 Å². The van der Waals surface area contributed by atoms with Crippen molar-refractivity contribution in [2.45, 2.75) is 50.2 Å². The summed E-state index contributed by atoms with van der Waals surface area (Å²) in [5, 5.41) is 12.6. The van der Waals surface area contributed by atoms with Crippen LogP contribution in [0.25, 0.3) is 0 Å². The van der Waals surface area contributed by atoms with Crippen LogP contribution in [0.5, 0.6) is 0 Å². The van der Waals surface area contributed by atoms with Crippen molar-refractivity contribution in [3.63, 3.8) is 0 Å². The quantitative estimate of drug-likeness (QED) is 0.733. The average molecular weight is 381 g/mol. The smallest absolute Gasteiger partial charge is 0.406 e. The number of rotatable bonds is 7. The highest BCUT2D eigenvalue weighted by Crippen LogP contribution is 2.44. The number of fused-ring (bicyclic) bond motifs is 1. The van der Waals surface area contributed by atoms with E-state index in [9.17, 15) is 9.90 Å². The fourth-order valence-corrected chi connectivity index (χ4v) is 3.52. The van der Waals surface area contributed by atoms with Crippen LogP contribution in [0.15, 0.2) is 30.3 Å². The van der Waals surface area contributed by atoms with E-state index in [-0.39, 0.29) is 19.8 Å². The van der Waals surface area contributed by atoms with Crippen molar-refractivity contribution in [3.05, 3.63) is 35.9 Å². The molecule has 27 heavy (non-hydrogen) atoms. The maximum Gasteiger partial charge on any atom is 0.406 e. The zero-order valence-corrected chi connectivity index (χ0v) is 15.8. The molecule has 8 nitrogen and oxygen atoms in total. The second kappa shape index (κ2) is 8.12. The number of hydrogen-bond donors (Lipinski definition) is 2. The van der Waals surface area contributed by atoms with Crippen LogP contribution in [0.2, 0.25) is 0 Å². The molecule has 1 amide bonds. The summed E-state index contributed by atoms with van der Waals surface area (Å²) in [5.74, 6) is -0.817. The van der Waals surface area contributed by atoms with E-state index in [0.717, 1.165) is 5.56 Å². The van der Waals surface area contributed by atoms with Crippen LogP contribution in [0.1, 0.15) is 19.4 Å². The Morgan fingerprint density at radius 2 is 1.96 bits per heavy atom. The maximum absolute atomic E-state index is 11.5. The fourth-order valence-electron chi connectivity index (χ4n) is 3.52. The highest BCUT2D eigenvalue weighted by molar-refractivity contribution is 5.67. The summed E-state index contributed by atoms with van der Waals surface area (Å²) in [5.41, 5.74) is -0.0790. The second-order valence-corrected chi connectivity index (χ2v) is 7.25. The van der Waals surface area contributed by atoms with E-state index < -0.39 is 35.8 Å². The Balaban J connectivity index is 1.68. The van der Waals surface area contributed by atoms with E-state index in [0.29, 0.717) is 6.61 Å². The third-order valence-corrected chi connectivity index (χ3v) is 4.78. The van der Waals surface area contributed by atoms with Gasteiger partial charge in [-0.15, -0.1) is 0 Å². The van der Waals surface area contributed by atoms with Crippen molar-refractivity contribution in [1.82, 2.24) is 5.32 Å². The number of benzene rings is 1. The van der Waals surface area contributed by atoms with Crippen LogP contribution in [0, 0.1) is 0 Å². The van der Waals surface area contributed by atoms with Gasteiger partial charge in [-0.3, -0.25) is 0 Å². The lowest BCUT2D eigenvalue weighted by Crippen LogP contribution is -2.54. The van der Waals surface area contributed by atoms with Crippen molar-refractivity contribution in [2.24, 2.45) is 0 Å². The Morgan fingerprint density at radius 3 is 2.63 bits per heavy atom. The van der Waals surface area contributed by atoms with Crippen LogP contribution >= 0.6 is 0 Å². The molecular weight excluding hydrogens is 354 g/mol. The van der Waals surface area contributed by atoms with Crippen LogP contribution in [0.3, 0.4) is 0 Å². The van der Waals surface area contributed by atoms with E-state index in [4.69, 9.17) is 18.9 Å². The summed E-state index contributed by atoms with van der Waals surface area (Å²) < 4.78 is 28.5. The molecule has 2 aliphatic rings. The van der Waals surface area contributed by atoms with E-state index in [1.807, 2.05) is 44.2 Å². The summed E-state index contributed by atoms with van der Waals surface area (Å²) >= 11 is 0. The lowest BCUT2D eigenvalue weighted by Gasteiger charge is -2.33. The molecule has 0 aromatic heterocycles. The first kappa shape index (κ1) is 20.0. The van der Waals surface area contributed by atoms with Crippen molar-refractivity contribution in [3.8, 4) is 0 Å². The Kier molecular flexibility index (Phi) is 6.02. The van der Waals surface area contributed by atoms with Gasteiger partial charge in [0, 0.05) is 0 Å². The number of nitrogens with one attached hydrogen (secondary N) is 1. The Bertz CT molecular complexity index is 638. The molecule has 2 fully saturated rings. The first-order valence-corrected chi connectivity index (χ1v) is 8.97. The van der Waals surface area contributed by atoms with Crippen LogP contribution in [-0.4, -0.2) is 67.8 Å². The summed E-state index contributed by atoms with van der Waals surface area (Å²) in [7, 11) is 1.28. The van der Waals surface area contributed by atoms with Gasteiger partial charge in [-0.25, -0.2) is 4.79 Å². The topological polar surface area (TPSA) is 95.5 Å². The molecule has 3 rings (SSSR count). The van der Waals surface area contributed by atoms with Crippen molar-refractivity contribution < 1.29 is 33.6 Å². The molecule has 0 aliphatic carbocycles. The molecule has 2 saturated heterocycles. The number of alkyl carbamates (subject to hydrolysis) is 1. The van der Waals surface area contributed by atoms with E-state index >= 15 is 0 Å². The Hall–Kier alpha value is -1.71. The van der Waals surface area contributed by atoms with Crippen LogP contribution < -0.4 is 5.32 Å². The third kappa shape index (κ3) is 4.41. The average Bonchev–Trinajstić information content (AvgIpc) is 3.13. The van der Waals surface area contributed by atoms with E-state index in [2.05, 4.69) is 10.1 Å². The molecule has 2 N–H and O–H groups in total. The molecule has 0 spiro atoms. The van der Waals surface area contributed by atoms with Gasteiger partial charge in [0.15, 0.2) is 5.79 Å². The third-order valence-electron chi connectivity index (χ3n) is 4.78. The fraction of sp³-hybridized carbons (Fsp3) is 0.632. The molecule has 1 aromatic rings. The highest BCUT2D eigenvalue weighted by Gasteiger charge is 2.62. The molecule has 2 heterocycles. The maximum atomic E-state index is 11.5. The number of carbonyl (C=O) groups is 1. The molecule has 2 aliphatic heterocycles. The normalized spacial score (nSPS) is 31.5. The monoisotopic (exact) mass is 381 g/mol. The predicted octanol–water partition coefficient (Wildman–Crippen LogP) is 1.21. The minimum Gasteiger partial charge on any atom is -0.453 e. The van der Waals surface area contributed by atoms with Gasteiger partial charge in [-0.2, -0.15) is 0 Å². The first-order chi connectivity index (χ1) is 12.9. The van der Waals surface area contributed by atoms with Gasteiger partial charge in [0.2, 0.25) is 0 Å². The highest BCUT2D eigenvalue weighted by atomic mass is 16.8. The minimum absolute atomic E-state index is 0.0337. The number of carbonyl (C=O) groups excluding carboxylic acids is 1. The summed E-state index contributed by atoms with van der Waals surface area (Å²) in [6.45, 7) is 4.02. The van der Waals surface area contributed by atoms with Gasteiger partial charge in [-0.05, 0) is 19.4 Å². The molecular formula is C19H27NO7. The van der Waals surface area contributed by atoms with Crippen molar-refractivity contribution >= 4 is 6.09 Å². The van der Waals surface area contributed by atoms with Crippen molar-refractivity contribution in [2.75, 3.05) is 26.9 Å². The van der Waals surface area contributed by atoms with Gasteiger partial charge in [0.25, 0.3) is 0 Å². The zero-order valence-electron chi connectivity index (χ0n) is 15.8.